The van der Waals surface area contributed by atoms with Crippen LogP contribution in [0.2, 0.25) is 0 Å². The van der Waals surface area contributed by atoms with Crippen LogP contribution in [0.25, 0.3) is 0 Å². The van der Waals surface area contributed by atoms with Gasteiger partial charge in [0.25, 0.3) is 0 Å². The number of hydrogen-bond donors (Lipinski definition) is 0. The number of rotatable bonds is 5. The third-order valence-electron chi connectivity index (χ3n) is 3.16. The Kier molecular flexibility index (Phi) is 3.65. The van der Waals surface area contributed by atoms with Crippen LogP contribution in [0.15, 0.2) is 24.3 Å². The van der Waals surface area contributed by atoms with Crippen LogP contribution in [0, 0.1) is 6.92 Å². The van der Waals surface area contributed by atoms with Crippen LogP contribution in [0.4, 0.5) is 5.69 Å². The molecule has 1 aromatic rings. The van der Waals surface area contributed by atoms with E-state index in [-0.39, 0.29) is 0 Å². The molecule has 0 spiro atoms. The van der Waals surface area contributed by atoms with Crippen LogP contribution < -0.4 is 4.90 Å². The van der Waals surface area contributed by atoms with Gasteiger partial charge in [-0.15, -0.1) is 0 Å². The van der Waals surface area contributed by atoms with Crippen LogP contribution in [0.5, 0.6) is 0 Å². The molecule has 0 fully saturated rings. The van der Waals surface area contributed by atoms with E-state index in [1.165, 1.54) is 50.0 Å². The van der Waals surface area contributed by atoms with Crippen molar-refractivity contribution in [3.05, 3.63) is 36.8 Å². The summed E-state index contributed by atoms with van der Waals surface area (Å²) in [6, 6.07) is 8.80. The molecule has 0 saturated carbocycles. The summed E-state index contributed by atoms with van der Waals surface area (Å²) >= 11 is 0. The number of nitrogens with zero attached hydrogens (tertiary/aromatic N) is 1. The molecule has 1 radical (unpaired) electrons. The van der Waals surface area contributed by atoms with Gasteiger partial charge in [0, 0.05) is 18.8 Å². The van der Waals surface area contributed by atoms with Crippen molar-refractivity contribution in [2.24, 2.45) is 0 Å². The van der Waals surface area contributed by atoms with E-state index < -0.39 is 0 Å². The molecule has 0 bridgehead atoms. The predicted molar refractivity (Wildman–Crippen MR) is 66.2 cm³/mol. The van der Waals surface area contributed by atoms with Crippen molar-refractivity contribution in [2.45, 2.75) is 32.1 Å². The summed E-state index contributed by atoms with van der Waals surface area (Å²) in [5.74, 6) is 0. The summed E-state index contributed by atoms with van der Waals surface area (Å²) in [7, 11) is 0. The maximum Gasteiger partial charge on any atom is 0.0399 e. The zero-order valence-electron chi connectivity index (χ0n) is 9.41. The van der Waals surface area contributed by atoms with Gasteiger partial charge in [-0.25, -0.2) is 0 Å². The Morgan fingerprint density at radius 1 is 1.13 bits per heavy atom. The fourth-order valence-electron chi connectivity index (χ4n) is 2.30. The molecule has 2 rings (SSSR count). The average molecular weight is 202 g/mol. The Bertz CT molecular complexity index is 306. The minimum absolute atomic E-state index is 1.08. The first kappa shape index (κ1) is 10.5. The van der Waals surface area contributed by atoms with E-state index in [9.17, 15) is 0 Å². The average Bonchev–Trinajstić information content (AvgIpc) is 2.68. The maximum atomic E-state index is 3.88. The molecule has 0 amide bonds. The van der Waals surface area contributed by atoms with Crippen LogP contribution in [-0.4, -0.2) is 13.1 Å². The monoisotopic (exact) mass is 202 g/mol. The zero-order chi connectivity index (χ0) is 10.5. The largest absolute Gasteiger partial charge is 0.371 e. The number of hydrogen-bond acceptors (Lipinski definition) is 1. The van der Waals surface area contributed by atoms with Crippen molar-refractivity contribution in [3.8, 4) is 0 Å². The van der Waals surface area contributed by atoms with E-state index in [1.807, 2.05) is 0 Å². The summed E-state index contributed by atoms with van der Waals surface area (Å²) in [5, 5.41) is 0. The third-order valence-corrected chi connectivity index (χ3v) is 3.16. The molecule has 0 atom stereocenters. The highest BCUT2D eigenvalue weighted by Crippen LogP contribution is 2.27. The third kappa shape index (κ3) is 2.53. The summed E-state index contributed by atoms with van der Waals surface area (Å²) in [4.78, 5) is 2.53. The minimum atomic E-state index is 1.08. The molecule has 0 unspecified atom stereocenters. The molecular weight excluding hydrogens is 182 g/mol. The molecule has 0 N–H and O–H groups in total. The van der Waals surface area contributed by atoms with Crippen LogP contribution in [0.1, 0.15) is 31.2 Å². The van der Waals surface area contributed by atoms with E-state index >= 15 is 0 Å². The van der Waals surface area contributed by atoms with Gasteiger partial charge in [-0.2, -0.15) is 0 Å². The lowest BCUT2D eigenvalue weighted by molar-refractivity contribution is 0.665. The van der Waals surface area contributed by atoms with Gasteiger partial charge in [-0.05, 0) is 24.5 Å². The molecule has 15 heavy (non-hydrogen) atoms. The topological polar surface area (TPSA) is 3.24 Å². The molecule has 1 aromatic carbocycles. The van der Waals surface area contributed by atoms with E-state index in [0.29, 0.717) is 0 Å². The van der Waals surface area contributed by atoms with Crippen LogP contribution in [-0.2, 0) is 6.42 Å². The van der Waals surface area contributed by atoms with Gasteiger partial charge in [0.15, 0.2) is 0 Å². The van der Waals surface area contributed by atoms with E-state index in [1.54, 1.807) is 0 Å². The van der Waals surface area contributed by atoms with E-state index in [4.69, 9.17) is 0 Å². The van der Waals surface area contributed by atoms with Crippen molar-refractivity contribution in [1.82, 2.24) is 0 Å². The maximum absolute atomic E-state index is 3.88. The predicted octanol–water partition coefficient (Wildman–Crippen LogP) is 3.44. The van der Waals surface area contributed by atoms with E-state index in [0.717, 1.165) is 6.42 Å². The standard InChI is InChI=1S/C14H20N/c1-2-3-4-7-11-15-12-10-13-8-5-6-9-14(13)15/h5-6,8-9H,1-4,7,10-12H2. The Balaban J connectivity index is 1.85. The molecule has 1 aliphatic heterocycles. The van der Waals surface area contributed by atoms with Crippen LogP contribution in [0.3, 0.4) is 0 Å². The Morgan fingerprint density at radius 2 is 2.00 bits per heavy atom. The summed E-state index contributed by atoms with van der Waals surface area (Å²) < 4.78 is 0. The Labute approximate surface area is 93.1 Å². The highest BCUT2D eigenvalue weighted by molar-refractivity contribution is 5.57. The lowest BCUT2D eigenvalue weighted by Crippen LogP contribution is -2.21. The summed E-state index contributed by atoms with van der Waals surface area (Å²) in [6.45, 7) is 6.31. The summed E-state index contributed by atoms with van der Waals surface area (Å²) in [5.41, 5.74) is 2.99. The molecule has 0 aliphatic carbocycles. The second kappa shape index (κ2) is 5.20. The van der Waals surface area contributed by atoms with E-state index in [2.05, 4.69) is 36.1 Å². The van der Waals surface area contributed by atoms with Gasteiger partial charge in [-0.1, -0.05) is 44.4 Å². The van der Waals surface area contributed by atoms with Gasteiger partial charge in [0.2, 0.25) is 0 Å². The van der Waals surface area contributed by atoms with Gasteiger partial charge >= 0.3 is 0 Å². The molecule has 81 valence electrons. The first-order valence-electron chi connectivity index (χ1n) is 6.04. The van der Waals surface area contributed by atoms with Gasteiger partial charge in [-0.3, -0.25) is 0 Å². The quantitative estimate of drug-likeness (QED) is 0.661. The van der Waals surface area contributed by atoms with Gasteiger partial charge in [0.1, 0.15) is 0 Å². The molecule has 1 nitrogen and oxygen atoms in total. The first-order valence-corrected chi connectivity index (χ1v) is 6.04. The second-order valence-corrected chi connectivity index (χ2v) is 4.28. The molecule has 0 saturated heterocycles. The van der Waals surface area contributed by atoms with Crippen molar-refractivity contribution in [3.63, 3.8) is 0 Å². The zero-order valence-corrected chi connectivity index (χ0v) is 9.41. The van der Waals surface area contributed by atoms with Crippen molar-refractivity contribution in [2.75, 3.05) is 18.0 Å². The number of fused-ring (bicyclic) bond motifs is 1. The number of unbranched alkanes of at least 4 members (excludes halogenated alkanes) is 3. The first-order chi connectivity index (χ1) is 7.42. The SMILES string of the molecule is [CH2]CCCCCN1CCc2ccccc21. The molecule has 1 heterocycles. The number of para-hydroxylation sites is 1. The highest BCUT2D eigenvalue weighted by Gasteiger charge is 2.16. The van der Waals surface area contributed by atoms with Gasteiger partial charge in [0.05, 0.1) is 0 Å². The lowest BCUT2D eigenvalue weighted by atomic mass is 10.2. The minimum Gasteiger partial charge on any atom is -0.371 e. The fraction of sp³-hybridized carbons (Fsp3) is 0.500. The summed E-state index contributed by atoms with van der Waals surface area (Å²) in [6.07, 6.45) is 6.21. The number of anilines is 1. The highest BCUT2D eigenvalue weighted by atomic mass is 15.1. The normalized spacial score (nSPS) is 14.3. The molecular formula is C14H20N. The van der Waals surface area contributed by atoms with Crippen molar-refractivity contribution >= 4 is 5.69 Å². The Hall–Kier alpha value is -0.980. The smallest absolute Gasteiger partial charge is 0.0399 e. The molecule has 1 aliphatic rings. The second-order valence-electron chi connectivity index (χ2n) is 4.28. The fourth-order valence-corrected chi connectivity index (χ4v) is 2.30. The van der Waals surface area contributed by atoms with Crippen molar-refractivity contribution < 1.29 is 0 Å². The van der Waals surface area contributed by atoms with Crippen molar-refractivity contribution in [1.29, 1.82) is 0 Å². The van der Waals surface area contributed by atoms with Crippen LogP contribution >= 0.6 is 0 Å². The molecule has 0 aromatic heterocycles. The molecule has 1 heteroatoms. The van der Waals surface area contributed by atoms with Gasteiger partial charge < -0.3 is 4.90 Å². The Morgan fingerprint density at radius 3 is 2.87 bits per heavy atom. The number of benzene rings is 1. The lowest BCUT2D eigenvalue weighted by Gasteiger charge is -2.18.